The van der Waals surface area contributed by atoms with E-state index >= 15 is 0 Å². The molecule has 1 amide bonds. The molecule has 1 aliphatic heterocycles. The molecule has 32 heavy (non-hydrogen) atoms. The number of amides is 1. The zero-order valence-electron chi connectivity index (χ0n) is 19.1. The van der Waals surface area contributed by atoms with Gasteiger partial charge in [-0.05, 0) is 60.0 Å². The number of carbonyl (C=O) groups is 1. The van der Waals surface area contributed by atoms with Crippen molar-refractivity contribution in [2.75, 3.05) is 33.8 Å². The largest absolute Gasteiger partial charge is 0.497 e. The van der Waals surface area contributed by atoms with E-state index in [0.717, 1.165) is 50.2 Å². The van der Waals surface area contributed by atoms with Gasteiger partial charge in [0.15, 0.2) is 0 Å². The van der Waals surface area contributed by atoms with E-state index in [-0.39, 0.29) is 11.9 Å². The SMILES string of the molecule is COc1ccc2cc(CN(C)CC(=O)NC3CCN(Cc4ccccc4)CC3)ccc2c1. The number of benzene rings is 3. The van der Waals surface area contributed by atoms with Crippen molar-refractivity contribution in [3.63, 3.8) is 0 Å². The van der Waals surface area contributed by atoms with E-state index in [1.165, 1.54) is 16.5 Å². The number of fused-ring (bicyclic) bond motifs is 1. The monoisotopic (exact) mass is 431 g/mol. The lowest BCUT2D eigenvalue weighted by Crippen LogP contribution is -2.46. The first-order valence-corrected chi connectivity index (χ1v) is 11.4. The summed E-state index contributed by atoms with van der Waals surface area (Å²) in [7, 11) is 3.68. The minimum absolute atomic E-state index is 0.111. The van der Waals surface area contributed by atoms with Crippen molar-refractivity contribution < 1.29 is 9.53 Å². The van der Waals surface area contributed by atoms with Crippen LogP contribution in [0.4, 0.5) is 0 Å². The van der Waals surface area contributed by atoms with Crippen LogP contribution in [0.5, 0.6) is 5.75 Å². The second-order valence-electron chi connectivity index (χ2n) is 8.82. The summed E-state index contributed by atoms with van der Waals surface area (Å²) in [5.41, 5.74) is 2.55. The van der Waals surface area contributed by atoms with Crippen LogP contribution in [-0.4, -0.2) is 55.5 Å². The van der Waals surface area contributed by atoms with Crippen molar-refractivity contribution in [1.82, 2.24) is 15.1 Å². The second kappa shape index (κ2) is 10.6. The van der Waals surface area contributed by atoms with Gasteiger partial charge in [0.2, 0.25) is 5.91 Å². The Labute approximate surface area is 191 Å². The number of likely N-dealkylation sites (tertiary alicyclic amines) is 1. The molecule has 3 aromatic carbocycles. The summed E-state index contributed by atoms with van der Waals surface area (Å²) in [5, 5.41) is 5.58. The van der Waals surface area contributed by atoms with Crippen LogP contribution < -0.4 is 10.1 Å². The molecule has 168 valence electrons. The van der Waals surface area contributed by atoms with Gasteiger partial charge >= 0.3 is 0 Å². The molecule has 1 heterocycles. The van der Waals surface area contributed by atoms with E-state index in [2.05, 4.69) is 69.7 Å². The number of ether oxygens (including phenoxy) is 1. The van der Waals surface area contributed by atoms with Gasteiger partial charge in [-0.2, -0.15) is 0 Å². The molecule has 4 rings (SSSR count). The zero-order valence-corrected chi connectivity index (χ0v) is 19.1. The first kappa shape index (κ1) is 22.3. The van der Waals surface area contributed by atoms with Crippen LogP contribution in [0.3, 0.4) is 0 Å². The first-order valence-electron chi connectivity index (χ1n) is 11.4. The lowest BCUT2D eigenvalue weighted by Gasteiger charge is -2.32. The highest BCUT2D eigenvalue weighted by Gasteiger charge is 2.21. The summed E-state index contributed by atoms with van der Waals surface area (Å²) in [5.74, 6) is 0.976. The first-order chi connectivity index (χ1) is 15.6. The number of piperidine rings is 1. The molecule has 1 aliphatic rings. The molecule has 3 aromatic rings. The zero-order chi connectivity index (χ0) is 22.3. The number of carbonyl (C=O) groups excluding carboxylic acids is 1. The van der Waals surface area contributed by atoms with Crippen LogP contribution in [0.2, 0.25) is 0 Å². The number of hydrogen-bond donors (Lipinski definition) is 1. The van der Waals surface area contributed by atoms with E-state index < -0.39 is 0 Å². The molecule has 0 unspecified atom stereocenters. The molecule has 1 N–H and O–H groups in total. The number of rotatable bonds is 8. The summed E-state index contributed by atoms with van der Waals surface area (Å²) >= 11 is 0. The second-order valence-corrected chi connectivity index (χ2v) is 8.82. The number of nitrogens with zero attached hydrogens (tertiary/aromatic N) is 2. The predicted octanol–water partition coefficient (Wildman–Crippen LogP) is 4.06. The third kappa shape index (κ3) is 6.09. The molecule has 0 saturated carbocycles. The van der Waals surface area contributed by atoms with Gasteiger partial charge in [-0.1, -0.05) is 48.5 Å². The van der Waals surface area contributed by atoms with Crippen LogP contribution in [0, 0.1) is 0 Å². The van der Waals surface area contributed by atoms with Gasteiger partial charge in [-0.25, -0.2) is 0 Å². The number of nitrogens with one attached hydrogen (secondary N) is 1. The van der Waals surface area contributed by atoms with Gasteiger partial charge < -0.3 is 10.1 Å². The van der Waals surface area contributed by atoms with Crippen molar-refractivity contribution in [2.45, 2.75) is 32.0 Å². The lowest BCUT2D eigenvalue weighted by molar-refractivity contribution is -0.123. The van der Waals surface area contributed by atoms with E-state index in [1.807, 2.05) is 19.2 Å². The van der Waals surface area contributed by atoms with E-state index in [9.17, 15) is 4.79 Å². The van der Waals surface area contributed by atoms with Gasteiger partial charge in [0.05, 0.1) is 13.7 Å². The highest BCUT2D eigenvalue weighted by molar-refractivity contribution is 5.84. The topological polar surface area (TPSA) is 44.8 Å². The van der Waals surface area contributed by atoms with Crippen molar-refractivity contribution in [3.05, 3.63) is 77.9 Å². The molecule has 5 nitrogen and oxygen atoms in total. The van der Waals surface area contributed by atoms with Crippen LogP contribution in [0.15, 0.2) is 66.7 Å². The minimum Gasteiger partial charge on any atom is -0.497 e. The summed E-state index contributed by atoms with van der Waals surface area (Å²) in [6, 6.07) is 23.4. The Morgan fingerprint density at radius 1 is 1.00 bits per heavy atom. The molecule has 0 atom stereocenters. The fourth-order valence-corrected chi connectivity index (χ4v) is 4.46. The minimum atomic E-state index is 0.111. The Kier molecular flexibility index (Phi) is 7.40. The fourth-order valence-electron chi connectivity index (χ4n) is 4.46. The summed E-state index contributed by atoms with van der Waals surface area (Å²) in [6.07, 6.45) is 2.02. The smallest absolute Gasteiger partial charge is 0.234 e. The van der Waals surface area contributed by atoms with Crippen molar-refractivity contribution in [2.24, 2.45) is 0 Å². The Hall–Kier alpha value is -2.89. The fraction of sp³-hybridized carbons (Fsp3) is 0.370. The predicted molar refractivity (Wildman–Crippen MR) is 130 cm³/mol. The third-order valence-electron chi connectivity index (χ3n) is 6.18. The highest BCUT2D eigenvalue weighted by atomic mass is 16.5. The van der Waals surface area contributed by atoms with Gasteiger partial charge in [0.1, 0.15) is 5.75 Å². The van der Waals surface area contributed by atoms with Crippen molar-refractivity contribution in [3.8, 4) is 5.75 Å². The highest BCUT2D eigenvalue weighted by Crippen LogP contribution is 2.22. The molecule has 0 aromatic heterocycles. The van der Waals surface area contributed by atoms with Gasteiger partial charge in [0, 0.05) is 32.2 Å². The quantitative estimate of drug-likeness (QED) is 0.584. The summed E-state index contributed by atoms with van der Waals surface area (Å²) in [4.78, 5) is 17.1. The Morgan fingerprint density at radius 3 is 2.47 bits per heavy atom. The van der Waals surface area contributed by atoms with Crippen molar-refractivity contribution in [1.29, 1.82) is 0 Å². The summed E-state index contributed by atoms with van der Waals surface area (Å²) in [6.45, 7) is 4.19. The molecule has 0 spiro atoms. The third-order valence-corrected chi connectivity index (χ3v) is 6.18. The molecule has 5 heteroatoms. The average molecular weight is 432 g/mol. The summed E-state index contributed by atoms with van der Waals surface area (Å²) < 4.78 is 5.30. The van der Waals surface area contributed by atoms with Gasteiger partial charge in [-0.15, -0.1) is 0 Å². The molecular weight excluding hydrogens is 398 g/mol. The lowest BCUT2D eigenvalue weighted by atomic mass is 10.0. The number of methoxy groups -OCH3 is 1. The van der Waals surface area contributed by atoms with E-state index in [4.69, 9.17) is 4.74 Å². The number of hydrogen-bond acceptors (Lipinski definition) is 4. The van der Waals surface area contributed by atoms with Crippen LogP contribution in [0.1, 0.15) is 24.0 Å². The van der Waals surface area contributed by atoms with Gasteiger partial charge in [0.25, 0.3) is 0 Å². The van der Waals surface area contributed by atoms with Crippen molar-refractivity contribution >= 4 is 16.7 Å². The maximum atomic E-state index is 12.6. The molecular formula is C27H33N3O2. The Balaban J connectivity index is 1.21. The van der Waals surface area contributed by atoms with Crippen LogP contribution in [-0.2, 0) is 17.9 Å². The molecule has 1 fully saturated rings. The standard InChI is InChI=1S/C27H33N3O2/c1-29(18-22-8-9-24-17-26(32-2)11-10-23(24)16-22)20-27(31)28-25-12-14-30(15-13-25)19-21-6-4-3-5-7-21/h3-11,16-17,25H,12-15,18-20H2,1-2H3,(H,28,31). The maximum Gasteiger partial charge on any atom is 0.234 e. The molecule has 0 radical (unpaired) electrons. The molecule has 0 aliphatic carbocycles. The maximum absolute atomic E-state index is 12.6. The van der Waals surface area contributed by atoms with E-state index in [1.54, 1.807) is 7.11 Å². The van der Waals surface area contributed by atoms with Gasteiger partial charge in [-0.3, -0.25) is 14.6 Å². The Bertz CT molecular complexity index is 1030. The molecule has 1 saturated heterocycles. The normalized spacial score (nSPS) is 15.2. The number of likely N-dealkylation sites (N-methyl/N-ethyl adjacent to an activating group) is 1. The van der Waals surface area contributed by atoms with Crippen LogP contribution in [0.25, 0.3) is 10.8 Å². The van der Waals surface area contributed by atoms with E-state index in [0.29, 0.717) is 6.54 Å². The molecule has 0 bridgehead atoms. The van der Waals surface area contributed by atoms with Crippen LogP contribution >= 0.6 is 0 Å². The Morgan fingerprint density at radius 2 is 1.72 bits per heavy atom. The average Bonchev–Trinajstić information content (AvgIpc) is 2.80.